The van der Waals surface area contributed by atoms with Crippen LogP contribution in [-0.4, -0.2) is 9.78 Å². The first-order valence-corrected chi connectivity index (χ1v) is 5.30. The van der Waals surface area contributed by atoms with Crippen molar-refractivity contribution in [3.63, 3.8) is 0 Å². The number of nitrogens with two attached hydrogens (primary N) is 1. The molecular weight excluding hydrogens is 279 g/mol. The van der Waals surface area contributed by atoms with Crippen LogP contribution in [0.5, 0.6) is 0 Å². The van der Waals surface area contributed by atoms with Crippen molar-refractivity contribution in [2.75, 3.05) is 5.73 Å². The van der Waals surface area contributed by atoms with Crippen molar-refractivity contribution in [3.8, 4) is 5.69 Å². The number of halogens is 4. The molecule has 0 unspecified atom stereocenters. The molecule has 0 aliphatic carbocycles. The third kappa shape index (κ3) is 2.84. The van der Waals surface area contributed by atoms with Gasteiger partial charge in [0.25, 0.3) is 0 Å². The first-order valence-electron chi connectivity index (χ1n) is 5.30. The van der Waals surface area contributed by atoms with Gasteiger partial charge in [0.2, 0.25) is 0 Å². The minimum atomic E-state index is -4.33. The van der Waals surface area contributed by atoms with Crippen LogP contribution in [0, 0.1) is 13.8 Å². The predicted molar refractivity (Wildman–Crippen MR) is 69.7 cm³/mol. The van der Waals surface area contributed by atoms with Gasteiger partial charge in [-0.05, 0) is 38.1 Å². The highest BCUT2D eigenvalue weighted by atomic mass is 35.5. The number of aryl methyl sites for hydroxylation is 1. The first kappa shape index (κ1) is 15.4. The number of aromatic nitrogens is 2. The molecule has 0 aliphatic rings. The van der Waals surface area contributed by atoms with Crippen LogP contribution in [0.4, 0.5) is 18.9 Å². The molecule has 0 atom stereocenters. The van der Waals surface area contributed by atoms with Crippen LogP contribution in [0.2, 0.25) is 0 Å². The van der Waals surface area contributed by atoms with Gasteiger partial charge in [0, 0.05) is 0 Å². The van der Waals surface area contributed by atoms with Gasteiger partial charge in [-0.3, -0.25) is 0 Å². The van der Waals surface area contributed by atoms with Crippen molar-refractivity contribution in [3.05, 3.63) is 41.2 Å². The smallest absolute Gasteiger partial charge is 0.396 e. The van der Waals surface area contributed by atoms with E-state index in [4.69, 9.17) is 5.73 Å². The summed E-state index contributed by atoms with van der Waals surface area (Å²) in [6, 6.07) is 4.81. The van der Waals surface area contributed by atoms with Crippen LogP contribution >= 0.6 is 12.4 Å². The van der Waals surface area contributed by atoms with E-state index in [-0.39, 0.29) is 12.4 Å². The molecule has 0 bridgehead atoms. The van der Waals surface area contributed by atoms with E-state index in [0.29, 0.717) is 22.8 Å². The summed E-state index contributed by atoms with van der Waals surface area (Å²) in [6.07, 6.45) is -4.33. The topological polar surface area (TPSA) is 43.8 Å². The van der Waals surface area contributed by atoms with Crippen LogP contribution in [-0.2, 0) is 6.18 Å². The molecule has 3 nitrogen and oxygen atoms in total. The molecule has 0 saturated carbocycles. The van der Waals surface area contributed by atoms with E-state index in [9.17, 15) is 13.2 Å². The van der Waals surface area contributed by atoms with Crippen LogP contribution in [0.3, 0.4) is 0 Å². The Balaban J connectivity index is 0.00000180. The lowest BCUT2D eigenvalue weighted by atomic mass is 10.2. The number of nitrogen functional groups attached to an aromatic ring is 1. The van der Waals surface area contributed by atoms with E-state index in [0.717, 1.165) is 12.1 Å². The second-order valence-electron chi connectivity index (χ2n) is 4.04. The predicted octanol–water partition coefficient (Wildman–Crippen LogP) is 3.51. The second-order valence-corrected chi connectivity index (χ2v) is 4.04. The third-order valence-electron chi connectivity index (χ3n) is 2.79. The van der Waals surface area contributed by atoms with E-state index < -0.39 is 11.7 Å². The monoisotopic (exact) mass is 291 g/mol. The van der Waals surface area contributed by atoms with E-state index in [1.54, 1.807) is 13.8 Å². The molecule has 1 heterocycles. The number of hydrogen-bond donors (Lipinski definition) is 1. The van der Waals surface area contributed by atoms with Gasteiger partial charge < -0.3 is 5.73 Å². The summed E-state index contributed by atoms with van der Waals surface area (Å²) in [5.74, 6) is 0. The lowest BCUT2D eigenvalue weighted by Crippen LogP contribution is -2.06. The highest BCUT2D eigenvalue weighted by Gasteiger charge is 2.30. The molecule has 7 heteroatoms. The fourth-order valence-electron chi connectivity index (χ4n) is 1.70. The summed E-state index contributed by atoms with van der Waals surface area (Å²) >= 11 is 0. The molecule has 2 aromatic rings. The van der Waals surface area contributed by atoms with Gasteiger partial charge in [-0.1, -0.05) is 0 Å². The van der Waals surface area contributed by atoms with Crippen molar-refractivity contribution in [1.29, 1.82) is 0 Å². The maximum atomic E-state index is 12.4. The highest BCUT2D eigenvalue weighted by molar-refractivity contribution is 5.85. The molecule has 2 N–H and O–H groups in total. The zero-order valence-corrected chi connectivity index (χ0v) is 11.1. The van der Waals surface area contributed by atoms with Gasteiger partial charge in [0.05, 0.1) is 28.3 Å². The molecule has 104 valence electrons. The van der Waals surface area contributed by atoms with Gasteiger partial charge >= 0.3 is 6.18 Å². The van der Waals surface area contributed by atoms with E-state index in [1.165, 1.54) is 16.8 Å². The largest absolute Gasteiger partial charge is 0.416 e. The lowest BCUT2D eigenvalue weighted by molar-refractivity contribution is -0.137. The highest BCUT2D eigenvalue weighted by Crippen LogP contribution is 2.30. The van der Waals surface area contributed by atoms with E-state index >= 15 is 0 Å². The maximum absolute atomic E-state index is 12.4. The molecular formula is C12H13ClF3N3. The number of hydrogen-bond acceptors (Lipinski definition) is 2. The van der Waals surface area contributed by atoms with Crippen molar-refractivity contribution >= 4 is 18.1 Å². The van der Waals surface area contributed by atoms with E-state index in [1.807, 2.05) is 0 Å². The first-order chi connectivity index (χ1) is 8.30. The average molecular weight is 292 g/mol. The zero-order valence-electron chi connectivity index (χ0n) is 10.3. The molecule has 0 saturated heterocycles. The lowest BCUT2D eigenvalue weighted by Gasteiger charge is -2.08. The number of nitrogens with zero attached hydrogens (tertiary/aromatic N) is 2. The molecule has 0 amide bonds. The zero-order chi connectivity index (χ0) is 13.5. The number of rotatable bonds is 1. The van der Waals surface area contributed by atoms with Crippen LogP contribution in [0.25, 0.3) is 5.69 Å². The molecule has 0 fully saturated rings. The second kappa shape index (κ2) is 5.13. The Hall–Kier alpha value is -1.69. The van der Waals surface area contributed by atoms with Crippen molar-refractivity contribution in [1.82, 2.24) is 9.78 Å². The Kier molecular flexibility index (Phi) is 4.15. The van der Waals surface area contributed by atoms with Crippen LogP contribution < -0.4 is 5.73 Å². The van der Waals surface area contributed by atoms with Gasteiger partial charge in [0.1, 0.15) is 0 Å². The molecule has 2 rings (SSSR count). The summed E-state index contributed by atoms with van der Waals surface area (Å²) in [5, 5.41) is 4.18. The van der Waals surface area contributed by atoms with E-state index in [2.05, 4.69) is 5.10 Å². The van der Waals surface area contributed by atoms with Gasteiger partial charge in [0.15, 0.2) is 0 Å². The fourth-order valence-corrected chi connectivity index (χ4v) is 1.70. The average Bonchev–Trinajstić information content (AvgIpc) is 2.56. The summed E-state index contributed by atoms with van der Waals surface area (Å²) < 4.78 is 38.8. The molecule has 0 spiro atoms. The van der Waals surface area contributed by atoms with Gasteiger partial charge in [-0.2, -0.15) is 18.3 Å². The van der Waals surface area contributed by atoms with Crippen LogP contribution in [0.1, 0.15) is 17.0 Å². The Bertz CT molecular complexity index is 573. The molecule has 19 heavy (non-hydrogen) atoms. The number of alkyl halides is 3. The summed E-state index contributed by atoms with van der Waals surface area (Å²) in [5.41, 5.74) is 7.58. The Labute approximate surface area is 114 Å². The SMILES string of the molecule is Cc1nn(-c2ccc(C(F)(F)F)cc2)c(C)c1N.Cl. The molecule has 1 aromatic heterocycles. The third-order valence-corrected chi connectivity index (χ3v) is 2.79. The minimum absolute atomic E-state index is 0. The fraction of sp³-hybridized carbons (Fsp3) is 0.250. The van der Waals surface area contributed by atoms with Crippen molar-refractivity contribution in [2.24, 2.45) is 0 Å². The summed E-state index contributed by atoms with van der Waals surface area (Å²) in [7, 11) is 0. The van der Waals surface area contributed by atoms with Crippen molar-refractivity contribution in [2.45, 2.75) is 20.0 Å². The quantitative estimate of drug-likeness (QED) is 0.874. The normalized spacial score (nSPS) is 11.2. The Morgan fingerprint density at radius 3 is 2.00 bits per heavy atom. The molecule has 0 aliphatic heterocycles. The number of anilines is 1. The summed E-state index contributed by atoms with van der Waals surface area (Å²) in [6.45, 7) is 3.52. The minimum Gasteiger partial charge on any atom is -0.396 e. The van der Waals surface area contributed by atoms with Crippen LogP contribution in [0.15, 0.2) is 24.3 Å². The van der Waals surface area contributed by atoms with Crippen molar-refractivity contribution < 1.29 is 13.2 Å². The Morgan fingerprint density at radius 2 is 1.63 bits per heavy atom. The van der Waals surface area contributed by atoms with Gasteiger partial charge in [-0.15, -0.1) is 12.4 Å². The van der Waals surface area contributed by atoms with Gasteiger partial charge in [-0.25, -0.2) is 4.68 Å². The molecule has 1 aromatic carbocycles. The summed E-state index contributed by atoms with van der Waals surface area (Å²) in [4.78, 5) is 0. The maximum Gasteiger partial charge on any atom is 0.416 e. The standard InChI is InChI=1S/C12H12F3N3.ClH/c1-7-11(16)8(2)18(17-7)10-5-3-9(4-6-10)12(13,14)15;/h3-6H,16H2,1-2H3;1H. The number of benzene rings is 1. The molecule has 0 radical (unpaired) electrons. The Morgan fingerprint density at radius 1 is 1.11 bits per heavy atom.